The Morgan fingerprint density at radius 3 is 2.59 bits per heavy atom. The monoisotopic (exact) mass is 384 g/mol. The lowest BCUT2D eigenvalue weighted by Gasteiger charge is -2.24. The predicted octanol–water partition coefficient (Wildman–Crippen LogP) is 4.22. The molecule has 0 amide bonds. The summed E-state index contributed by atoms with van der Waals surface area (Å²) in [6.07, 6.45) is 1.88. The molecule has 1 aliphatic carbocycles. The number of rotatable bonds is 3. The van der Waals surface area contributed by atoms with E-state index in [0.717, 1.165) is 53.2 Å². The summed E-state index contributed by atoms with van der Waals surface area (Å²) < 4.78 is 16.6. The van der Waals surface area contributed by atoms with E-state index in [1.165, 1.54) is 22.3 Å². The Kier molecular flexibility index (Phi) is 4.27. The minimum atomic E-state index is 0. The van der Waals surface area contributed by atoms with Crippen LogP contribution in [0.2, 0.25) is 0 Å². The molecule has 2 aromatic carbocycles. The average Bonchev–Trinajstić information content (AvgIpc) is 3.05. The van der Waals surface area contributed by atoms with Crippen LogP contribution < -0.4 is 19.5 Å². The Morgan fingerprint density at radius 1 is 1.00 bits per heavy atom. The highest BCUT2D eigenvalue weighted by atomic mass is 35.5. The predicted molar refractivity (Wildman–Crippen MR) is 109 cm³/mol. The molecule has 27 heavy (non-hydrogen) atoms. The fraction of sp³-hybridized carbons (Fsp3) is 0.286. The van der Waals surface area contributed by atoms with Crippen LogP contribution in [0.1, 0.15) is 16.7 Å². The Balaban J connectivity index is 0.00000180. The number of ether oxygens (including phenoxy) is 3. The van der Waals surface area contributed by atoms with Crippen LogP contribution >= 0.6 is 12.4 Å². The lowest BCUT2D eigenvalue weighted by atomic mass is 9.93. The van der Waals surface area contributed by atoms with Gasteiger partial charge in [-0.2, -0.15) is 0 Å². The molecule has 5 rings (SSSR count). The topological polar surface area (TPSA) is 52.6 Å². The van der Waals surface area contributed by atoms with Crippen LogP contribution in [0.5, 0.6) is 17.2 Å². The van der Waals surface area contributed by atoms with Gasteiger partial charge in [-0.1, -0.05) is 0 Å². The van der Waals surface area contributed by atoms with Crippen molar-refractivity contribution in [2.45, 2.75) is 12.8 Å². The van der Waals surface area contributed by atoms with Gasteiger partial charge in [0, 0.05) is 30.0 Å². The van der Waals surface area contributed by atoms with Gasteiger partial charge in [0.05, 0.1) is 38.2 Å². The SMILES string of the molecule is COc1ccc2c(c1)Cc1c-2nc2cc(OC)c(OC)c3c2c1CCN3.Cl. The van der Waals surface area contributed by atoms with E-state index >= 15 is 0 Å². The maximum Gasteiger partial charge on any atom is 0.184 e. The van der Waals surface area contributed by atoms with Crippen molar-refractivity contribution in [1.82, 2.24) is 4.98 Å². The summed E-state index contributed by atoms with van der Waals surface area (Å²) in [5.41, 5.74) is 8.20. The highest BCUT2D eigenvalue weighted by Crippen LogP contribution is 2.48. The summed E-state index contributed by atoms with van der Waals surface area (Å²) >= 11 is 0. The number of hydrogen-bond acceptors (Lipinski definition) is 5. The van der Waals surface area contributed by atoms with E-state index in [9.17, 15) is 0 Å². The van der Waals surface area contributed by atoms with Gasteiger partial charge in [-0.05, 0) is 41.3 Å². The molecule has 0 bridgehead atoms. The lowest BCUT2D eigenvalue weighted by Crippen LogP contribution is -2.15. The molecular weight excluding hydrogens is 364 g/mol. The van der Waals surface area contributed by atoms with Gasteiger partial charge < -0.3 is 19.5 Å². The van der Waals surface area contributed by atoms with E-state index in [0.29, 0.717) is 5.75 Å². The normalized spacial score (nSPS) is 13.3. The van der Waals surface area contributed by atoms with Crippen LogP contribution in [-0.2, 0) is 12.8 Å². The smallest absolute Gasteiger partial charge is 0.184 e. The molecule has 6 heteroatoms. The molecule has 0 spiro atoms. The number of hydrogen-bond donors (Lipinski definition) is 1. The van der Waals surface area contributed by atoms with Crippen molar-refractivity contribution >= 4 is 29.0 Å². The van der Waals surface area contributed by atoms with E-state index in [1.807, 2.05) is 12.1 Å². The second kappa shape index (κ2) is 6.50. The minimum Gasteiger partial charge on any atom is -0.497 e. The lowest BCUT2D eigenvalue weighted by molar-refractivity contribution is 0.357. The van der Waals surface area contributed by atoms with Crippen LogP contribution in [0.3, 0.4) is 0 Å². The van der Waals surface area contributed by atoms with Gasteiger partial charge in [-0.3, -0.25) is 0 Å². The molecule has 0 radical (unpaired) electrons. The summed E-state index contributed by atoms with van der Waals surface area (Å²) in [4.78, 5) is 5.02. The van der Waals surface area contributed by atoms with E-state index in [-0.39, 0.29) is 12.4 Å². The van der Waals surface area contributed by atoms with Crippen LogP contribution in [0.4, 0.5) is 5.69 Å². The molecule has 1 N–H and O–H groups in total. The second-order valence-corrected chi connectivity index (χ2v) is 6.68. The first-order valence-electron chi connectivity index (χ1n) is 8.76. The van der Waals surface area contributed by atoms with Crippen LogP contribution in [0.15, 0.2) is 24.3 Å². The molecule has 1 aromatic heterocycles. The summed E-state index contributed by atoms with van der Waals surface area (Å²) in [5.74, 6) is 2.34. The van der Waals surface area contributed by atoms with Crippen LogP contribution in [0.25, 0.3) is 22.2 Å². The van der Waals surface area contributed by atoms with Crippen LogP contribution in [0, 0.1) is 0 Å². The first-order chi connectivity index (χ1) is 12.7. The van der Waals surface area contributed by atoms with Crippen molar-refractivity contribution in [2.75, 3.05) is 33.2 Å². The van der Waals surface area contributed by atoms with Crippen molar-refractivity contribution in [1.29, 1.82) is 0 Å². The van der Waals surface area contributed by atoms with Gasteiger partial charge in [-0.15, -0.1) is 12.4 Å². The van der Waals surface area contributed by atoms with E-state index in [1.54, 1.807) is 21.3 Å². The molecule has 1 aliphatic heterocycles. The summed E-state index contributed by atoms with van der Waals surface area (Å²) in [7, 11) is 5.05. The molecule has 5 nitrogen and oxygen atoms in total. The number of methoxy groups -OCH3 is 3. The minimum absolute atomic E-state index is 0. The Labute approximate surface area is 164 Å². The number of pyridine rings is 1. The third-order valence-electron chi connectivity index (χ3n) is 5.44. The number of anilines is 1. The summed E-state index contributed by atoms with van der Waals surface area (Å²) in [6.45, 7) is 0.877. The maximum atomic E-state index is 5.63. The van der Waals surface area contributed by atoms with Crippen LogP contribution in [-0.4, -0.2) is 32.9 Å². The first-order valence-corrected chi connectivity index (χ1v) is 8.76. The third kappa shape index (κ3) is 2.42. The van der Waals surface area contributed by atoms with Gasteiger partial charge >= 0.3 is 0 Å². The highest BCUT2D eigenvalue weighted by Gasteiger charge is 2.29. The number of aromatic nitrogens is 1. The zero-order valence-corrected chi connectivity index (χ0v) is 16.3. The highest BCUT2D eigenvalue weighted by molar-refractivity contribution is 6.03. The number of nitrogens with zero attached hydrogens (tertiary/aromatic N) is 1. The summed E-state index contributed by atoms with van der Waals surface area (Å²) in [5, 5.41) is 4.65. The van der Waals surface area contributed by atoms with Crippen molar-refractivity contribution in [2.24, 2.45) is 0 Å². The van der Waals surface area contributed by atoms with Gasteiger partial charge in [0.15, 0.2) is 11.5 Å². The number of halogens is 1. The third-order valence-corrected chi connectivity index (χ3v) is 5.44. The molecule has 0 fully saturated rings. The second-order valence-electron chi connectivity index (χ2n) is 6.68. The van der Waals surface area contributed by atoms with Crippen molar-refractivity contribution in [3.05, 3.63) is 41.0 Å². The van der Waals surface area contributed by atoms with E-state index in [4.69, 9.17) is 19.2 Å². The Hall–Kier alpha value is -2.66. The first kappa shape index (κ1) is 17.7. The van der Waals surface area contributed by atoms with Crippen molar-refractivity contribution in [3.63, 3.8) is 0 Å². The fourth-order valence-electron chi connectivity index (χ4n) is 4.29. The Bertz CT molecular complexity index is 1070. The molecule has 0 saturated carbocycles. The van der Waals surface area contributed by atoms with Gasteiger partial charge in [-0.25, -0.2) is 4.98 Å². The number of fused-ring (bicyclic) bond motifs is 4. The quantitative estimate of drug-likeness (QED) is 0.573. The zero-order chi connectivity index (χ0) is 17.8. The Morgan fingerprint density at radius 2 is 1.85 bits per heavy atom. The number of nitrogens with one attached hydrogen (secondary N) is 1. The zero-order valence-electron chi connectivity index (χ0n) is 15.5. The fourth-order valence-corrected chi connectivity index (χ4v) is 4.29. The van der Waals surface area contributed by atoms with Gasteiger partial charge in [0.2, 0.25) is 0 Å². The molecule has 0 atom stereocenters. The van der Waals surface area contributed by atoms with Crippen molar-refractivity contribution in [3.8, 4) is 28.5 Å². The molecule has 2 aliphatic rings. The van der Waals surface area contributed by atoms with E-state index in [2.05, 4.69) is 17.4 Å². The maximum absolute atomic E-state index is 5.63. The van der Waals surface area contributed by atoms with Gasteiger partial charge in [0.25, 0.3) is 0 Å². The summed E-state index contributed by atoms with van der Waals surface area (Å²) in [6, 6.07) is 8.23. The standard InChI is InChI=1S/C21H20N2O3.ClH/c1-24-12-4-5-13-11(8-12)9-15-14-6-7-22-20-18(14)16(23-19(13)15)10-17(25-2)21(20)26-3;/h4-5,8,10,22H,6-7,9H2,1-3H3;1H. The van der Waals surface area contributed by atoms with E-state index < -0.39 is 0 Å². The molecule has 0 saturated heterocycles. The largest absolute Gasteiger partial charge is 0.497 e. The van der Waals surface area contributed by atoms with Gasteiger partial charge in [0.1, 0.15) is 5.75 Å². The van der Waals surface area contributed by atoms with Crippen molar-refractivity contribution < 1.29 is 14.2 Å². The molecule has 2 heterocycles. The average molecular weight is 385 g/mol. The molecule has 0 unspecified atom stereocenters. The molecular formula is C21H21ClN2O3. The molecule has 140 valence electrons. The number of benzene rings is 2. The molecule has 3 aromatic rings.